The third kappa shape index (κ3) is 8.04. The van der Waals surface area contributed by atoms with E-state index in [4.69, 9.17) is 0 Å². The van der Waals surface area contributed by atoms with E-state index in [1.165, 1.54) is 4.90 Å². The summed E-state index contributed by atoms with van der Waals surface area (Å²) in [5.41, 5.74) is 0.715. The first-order valence-electron chi connectivity index (χ1n) is 8.29. The Balaban J connectivity index is 0.00000338. The van der Waals surface area contributed by atoms with Crippen LogP contribution in [0, 0.1) is 0 Å². The highest BCUT2D eigenvalue weighted by Gasteiger charge is 2.34. The van der Waals surface area contributed by atoms with Gasteiger partial charge in [0.25, 0.3) is 0 Å². The number of hydrogen-bond acceptors (Lipinski definition) is 4. The molecule has 1 saturated heterocycles. The lowest BCUT2D eigenvalue weighted by Crippen LogP contribution is -2.45. The van der Waals surface area contributed by atoms with Crippen molar-refractivity contribution < 1.29 is 18.3 Å². The van der Waals surface area contributed by atoms with Crippen LogP contribution in [0.1, 0.15) is 25.0 Å². The van der Waals surface area contributed by atoms with Gasteiger partial charge in [-0.3, -0.25) is 14.9 Å². The van der Waals surface area contributed by atoms with Gasteiger partial charge in [-0.05, 0) is 31.0 Å². The van der Waals surface area contributed by atoms with E-state index < -0.39 is 18.8 Å². The number of aliphatic imine (C=N–C) groups is 1. The Hall–Kier alpha value is -1.14. The number of nitrogens with one attached hydrogen (secondary N) is 2. The minimum atomic E-state index is -4.18. The molecular formula is C16H25F3IN5O. The highest BCUT2D eigenvalue weighted by atomic mass is 127. The average molecular weight is 487 g/mol. The molecule has 1 aromatic heterocycles. The van der Waals surface area contributed by atoms with Crippen molar-refractivity contribution in [3.63, 3.8) is 0 Å². The fourth-order valence-corrected chi connectivity index (χ4v) is 2.73. The summed E-state index contributed by atoms with van der Waals surface area (Å²) in [6.45, 7) is 2.50. The van der Waals surface area contributed by atoms with Crippen molar-refractivity contribution in [3.8, 4) is 0 Å². The molecule has 0 bridgehead atoms. The number of aliphatic hydroxyl groups excluding tert-OH is 1. The molecule has 1 fully saturated rings. The molecule has 1 aliphatic rings. The van der Waals surface area contributed by atoms with Crippen molar-refractivity contribution >= 4 is 29.9 Å². The molecule has 3 N–H and O–H groups in total. The van der Waals surface area contributed by atoms with Crippen LogP contribution in [0.4, 0.5) is 13.2 Å². The number of hydrogen-bond donors (Lipinski definition) is 3. The summed E-state index contributed by atoms with van der Waals surface area (Å²) in [6, 6.07) is 3.33. The van der Waals surface area contributed by atoms with E-state index in [1.54, 1.807) is 24.5 Å². The van der Waals surface area contributed by atoms with Gasteiger partial charge < -0.3 is 15.7 Å². The molecule has 2 atom stereocenters. The lowest BCUT2D eigenvalue weighted by atomic mass is 10.1. The zero-order chi connectivity index (χ0) is 18.3. The molecule has 10 heteroatoms. The van der Waals surface area contributed by atoms with Gasteiger partial charge >= 0.3 is 6.18 Å². The van der Waals surface area contributed by atoms with Crippen LogP contribution in [-0.4, -0.2) is 65.9 Å². The quantitative estimate of drug-likeness (QED) is 0.325. The fourth-order valence-electron chi connectivity index (χ4n) is 2.73. The predicted octanol–water partition coefficient (Wildman–Crippen LogP) is 1.92. The second kappa shape index (κ2) is 10.9. The topological polar surface area (TPSA) is 72.8 Å². The van der Waals surface area contributed by atoms with Gasteiger partial charge in [-0.2, -0.15) is 13.2 Å². The van der Waals surface area contributed by atoms with Crippen LogP contribution in [0.2, 0.25) is 0 Å². The molecular weight excluding hydrogens is 462 g/mol. The molecule has 0 aliphatic carbocycles. The smallest absolute Gasteiger partial charge is 0.386 e. The number of likely N-dealkylation sites (tertiary alicyclic amines) is 1. The third-order valence-electron chi connectivity index (χ3n) is 3.87. The number of alkyl halides is 3. The number of aliphatic hydroxyl groups is 1. The Labute approximate surface area is 168 Å². The summed E-state index contributed by atoms with van der Waals surface area (Å²) in [4.78, 5) is 9.62. The van der Waals surface area contributed by atoms with E-state index in [2.05, 4.69) is 20.6 Å². The van der Waals surface area contributed by atoms with Gasteiger partial charge in [0.05, 0.1) is 19.2 Å². The van der Waals surface area contributed by atoms with Crippen molar-refractivity contribution in [2.45, 2.75) is 31.7 Å². The van der Waals surface area contributed by atoms with Crippen molar-refractivity contribution in [3.05, 3.63) is 30.1 Å². The van der Waals surface area contributed by atoms with Crippen LogP contribution < -0.4 is 10.6 Å². The Morgan fingerprint density at radius 2 is 2.12 bits per heavy atom. The average Bonchev–Trinajstić information content (AvgIpc) is 2.98. The van der Waals surface area contributed by atoms with Crippen molar-refractivity contribution in [2.75, 3.05) is 32.7 Å². The van der Waals surface area contributed by atoms with Crippen LogP contribution in [0.15, 0.2) is 29.5 Å². The molecule has 1 aromatic rings. The van der Waals surface area contributed by atoms with E-state index >= 15 is 0 Å². The predicted molar refractivity (Wildman–Crippen MR) is 105 cm³/mol. The second-order valence-corrected chi connectivity index (χ2v) is 6.00. The van der Waals surface area contributed by atoms with Crippen LogP contribution in [0.5, 0.6) is 0 Å². The maximum absolute atomic E-state index is 12.5. The summed E-state index contributed by atoms with van der Waals surface area (Å²) in [5.74, 6) is 0.495. The number of pyridine rings is 1. The second-order valence-electron chi connectivity index (χ2n) is 6.00. The van der Waals surface area contributed by atoms with Crippen molar-refractivity contribution in [1.82, 2.24) is 20.5 Å². The summed E-state index contributed by atoms with van der Waals surface area (Å²) < 4.78 is 37.4. The summed E-state index contributed by atoms with van der Waals surface area (Å²) >= 11 is 0. The van der Waals surface area contributed by atoms with E-state index in [0.29, 0.717) is 37.6 Å². The molecule has 2 heterocycles. The normalized spacial score (nSPS) is 19.7. The standard InChI is InChI=1S/C16H24F3N5O.HI/c1-2-21-15(22-9-14(25)12-3-6-20-7-4-12)23-13-5-8-24(10-13)11-16(17,18)19;/h3-4,6-7,13-14,25H,2,5,8-11H2,1H3,(H2,21,22,23);1H. The molecule has 0 saturated carbocycles. The monoisotopic (exact) mass is 487 g/mol. The Kier molecular flexibility index (Phi) is 9.58. The molecule has 6 nitrogen and oxygen atoms in total. The molecule has 2 unspecified atom stereocenters. The third-order valence-corrected chi connectivity index (χ3v) is 3.87. The van der Waals surface area contributed by atoms with Gasteiger partial charge in [-0.15, -0.1) is 24.0 Å². The number of guanidine groups is 1. The van der Waals surface area contributed by atoms with Crippen molar-refractivity contribution in [1.29, 1.82) is 0 Å². The minimum Gasteiger partial charge on any atom is -0.386 e. The SMILES string of the molecule is CCNC(=NCC(O)c1ccncc1)NC1CCN(CC(F)(F)F)C1.I. The van der Waals surface area contributed by atoms with Crippen LogP contribution in [0.25, 0.3) is 0 Å². The molecule has 0 radical (unpaired) electrons. The first-order chi connectivity index (χ1) is 11.9. The molecule has 1 aliphatic heterocycles. The number of nitrogens with zero attached hydrogens (tertiary/aromatic N) is 3. The Bertz CT molecular complexity index is 559. The zero-order valence-electron chi connectivity index (χ0n) is 14.5. The number of aromatic nitrogens is 1. The Morgan fingerprint density at radius 3 is 2.73 bits per heavy atom. The zero-order valence-corrected chi connectivity index (χ0v) is 16.9. The van der Waals surface area contributed by atoms with E-state index in [1.807, 2.05) is 6.92 Å². The highest BCUT2D eigenvalue weighted by Crippen LogP contribution is 2.20. The molecule has 0 spiro atoms. The maximum Gasteiger partial charge on any atom is 0.401 e. The molecule has 0 amide bonds. The molecule has 0 aromatic carbocycles. The molecule has 148 valence electrons. The summed E-state index contributed by atoms with van der Waals surface area (Å²) in [6.07, 6.45) is -1.13. The lowest BCUT2D eigenvalue weighted by Gasteiger charge is -2.20. The van der Waals surface area contributed by atoms with Crippen molar-refractivity contribution in [2.24, 2.45) is 4.99 Å². The van der Waals surface area contributed by atoms with E-state index in [0.717, 1.165) is 0 Å². The lowest BCUT2D eigenvalue weighted by molar-refractivity contribution is -0.143. The Morgan fingerprint density at radius 1 is 1.42 bits per heavy atom. The molecule has 2 rings (SSSR count). The first-order valence-corrected chi connectivity index (χ1v) is 8.29. The van der Waals surface area contributed by atoms with Gasteiger partial charge in [0.1, 0.15) is 0 Å². The van der Waals surface area contributed by atoms with Gasteiger partial charge in [0, 0.05) is 38.1 Å². The van der Waals surface area contributed by atoms with E-state index in [9.17, 15) is 18.3 Å². The fraction of sp³-hybridized carbons (Fsp3) is 0.625. The first kappa shape index (κ1) is 22.9. The van der Waals surface area contributed by atoms with Gasteiger partial charge in [0.2, 0.25) is 0 Å². The van der Waals surface area contributed by atoms with Gasteiger partial charge in [-0.1, -0.05) is 0 Å². The summed E-state index contributed by atoms with van der Waals surface area (Å²) in [7, 11) is 0. The van der Waals surface area contributed by atoms with Gasteiger partial charge in [0.15, 0.2) is 5.96 Å². The highest BCUT2D eigenvalue weighted by molar-refractivity contribution is 14.0. The van der Waals surface area contributed by atoms with Crippen LogP contribution >= 0.6 is 24.0 Å². The van der Waals surface area contributed by atoms with Crippen LogP contribution in [-0.2, 0) is 0 Å². The largest absolute Gasteiger partial charge is 0.401 e. The molecule has 26 heavy (non-hydrogen) atoms. The number of halogens is 4. The number of rotatable bonds is 6. The maximum atomic E-state index is 12.5. The summed E-state index contributed by atoms with van der Waals surface area (Å²) in [5, 5.41) is 16.3. The minimum absolute atomic E-state index is 0. The van der Waals surface area contributed by atoms with E-state index in [-0.39, 0.29) is 36.6 Å². The van der Waals surface area contributed by atoms with Gasteiger partial charge in [-0.25, -0.2) is 0 Å². The van der Waals surface area contributed by atoms with Crippen LogP contribution in [0.3, 0.4) is 0 Å².